The second-order valence-electron chi connectivity index (χ2n) is 2.93. The van der Waals surface area contributed by atoms with Crippen molar-refractivity contribution in [1.82, 2.24) is 20.4 Å². The third-order valence-electron chi connectivity index (χ3n) is 1.89. The molecule has 2 heterocycles. The number of nitrogens with zero attached hydrogens (tertiary/aromatic N) is 4. The van der Waals surface area contributed by atoms with Gasteiger partial charge in [-0.25, -0.2) is 0 Å². The van der Waals surface area contributed by atoms with Gasteiger partial charge in [0, 0.05) is 12.4 Å². The highest BCUT2D eigenvalue weighted by molar-refractivity contribution is 5.05. The summed E-state index contributed by atoms with van der Waals surface area (Å²) in [6.45, 7) is 0. The van der Waals surface area contributed by atoms with Gasteiger partial charge in [0.05, 0.1) is 11.4 Å². The normalized spacial score (nSPS) is 10.0. The van der Waals surface area contributed by atoms with E-state index in [1.165, 1.54) is 0 Å². The minimum atomic E-state index is 0.854. The summed E-state index contributed by atoms with van der Waals surface area (Å²) >= 11 is 0. The molecule has 0 amide bonds. The smallest absolute Gasteiger partial charge is 0.0635 e. The zero-order valence-corrected chi connectivity index (χ0v) is 7.67. The number of rotatable bonds is 3. The molecule has 0 radical (unpaired) electrons. The molecule has 0 aromatic carbocycles. The molecule has 14 heavy (non-hydrogen) atoms. The molecule has 0 bridgehead atoms. The van der Waals surface area contributed by atoms with Crippen LogP contribution in [0.15, 0.2) is 36.7 Å². The molecule has 0 saturated heterocycles. The van der Waals surface area contributed by atoms with Crippen LogP contribution >= 0.6 is 0 Å². The Hall–Kier alpha value is -1.84. The van der Waals surface area contributed by atoms with Gasteiger partial charge >= 0.3 is 0 Å². The molecule has 0 aliphatic heterocycles. The molecule has 2 aromatic rings. The van der Waals surface area contributed by atoms with Crippen molar-refractivity contribution in [2.45, 2.75) is 12.8 Å². The van der Waals surface area contributed by atoms with Crippen molar-refractivity contribution in [2.24, 2.45) is 0 Å². The summed E-state index contributed by atoms with van der Waals surface area (Å²) in [4.78, 5) is 0. The van der Waals surface area contributed by atoms with E-state index in [1.807, 2.05) is 24.3 Å². The second kappa shape index (κ2) is 4.41. The fourth-order valence-corrected chi connectivity index (χ4v) is 1.19. The van der Waals surface area contributed by atoms with E-state index < -0.39 is 0 Å². The van der Waals surface area contributed by atoms with Crippen molar-refractivity contribution < 1.29 is 0 Å². The Morgan fingerprint density at radius 3 is 1.64 bits per heavy atom. The van der Waals surface area contributed by atoms with Crippen LogP contribution in [-0.2, 0) is 12.8 Å². The van der Waals surface area contributed by atoms with Gasteiger partial charge in [-0.15, -0.1) is 0 Å². The van der Waals surface area contributed by atoms with Gasteiger partial charge in [-0.05, 0) is 37.1 Å². The topological polar surface area (TPSA) is 51.6 Å². The van der Waals surface area contributed by atoms with Gasteiger partial charge in [-0.3, -0.25) is 0 Å². The number of hydrogen-bond donors (Lipinski definition) is 0. The van der Waals surface area contributed by atoms with Crippen LogP contribution in [0.3, 0.4) is 0 Å². The Morgan fingerprint density at radius 2 is 1.29 bits per heavy atom. The van der Waals surface area contributed by atoms with Gasteiger partial charge in [0.25, 0.3) is 0 Å². The number of aryl methyl sites for hydroxylation is 2. The SMILES string of the molecule is c1cnnc(CCc2cccnn2)c1. The Kier molecular flexibility index (Phi) is 2.76. The van der Waals surface area contributed by atoms with E-state index in [4.69, 9.17) is 0 Å². The summed E-state index contributed by atoms with van der Waals surface area (Å²) in [6.07, 6.45) is 5.05. The molecule has 0 aliphatic carbocycles. The molecule has 0 aliphatic rings. The molecule has 4 heteroatoms. The lowest BCUT2D eigenvalue weighted by Crippen LogP contribution is -1.98. The predicted octanol–water partition coefficient (Wildman–Crippen LogP) is 1.05. The van der Waals surface area contributed by atoms with E-state index in [9.17, 15) is 0 Å². The first-order chi connectivity index (χ1) is 6.95. The van der Waals surface area contributed by atoms with Gasteiger partial charge in [-0.2, -0.15) is 20.4 Å². The van der Waals surface area contributed by atoms with Crippen molar-refractivity contribution in [2.75, 3.05) is 0 Å². The highest BCUT2D eigenvalue weighted by atomic mass is 15.1. The third kappa shape index (κ3) is 2.32. The van der Waals surface area contributed by atoms with Gasteiger partial charge in [-0.1, -0.05) is 0 Å². The summed E-state index contributed by atoms with van der Waals surface area (Å²) in [5, 5.41) is 15.6. The zero-order chi connectivity index (χ0) is 9.64. The van der Waals surface area contributed by atoms with E-state index >= 15 is 0 Å². The van der Waals surface area contributed by atoms with Gasteiger partial charge in [0.1, 0.15) is 0 Å². The van der Waals surface area contributed by atoms with Crippen molar-refractivity contribution in [1.29, 1.82) is 0 Å². The average Bonchev–Trinajstić information content (AvgIpc) is 2.29. The first-order valence-corrected chi connectivity index (χ1v) is 4.48. The van der Waals surface area contributed by atoms with E-state index in [0.717, 1.165) is 24.2 Å². The van der Waals surface area contributed by atoms with Crippen LogP contribution < -0.4 is 0 Å². The van der Waals surface area contributed by atoms with Crippen LogP contribution in [0, 0.1) is 0 Å². The molecule has 0 atom stereocenters. The Morgan fingerprint density at radius 1 is 0.786 bits per heavy atom. The van der Waals surface area contributed by atoms with Crippen molar-refractivity contribution in [3.05, 3.63) is 48.0 Å². The van der Waals surface area contributed by atoms with E-state index in [2.05, 4.69) is 20.4 Å². The Balaban J connectivity index is 1.96. The summed E-state index contributed by atoms with van der Waals surface area (Å²) < 4.78 is 0. The maximum Gasteiger partial charge on any atom is 0.0635 e. The first-order valence-electron chi connectivity index (χ1n) is 4.48. The first kappa shape index (κ1) is 8.74. The van der Waals surface area contributed by atoms with Crippen LogP contribution in [-0.4, -0.2) is 20.4 Å². The maximum atomic E-state index is 4.00. The molecule has 0 fully saturated rings. The highest BCUT2D eigenvalue weighted by Gasteiger charge is 1.97. The fraction of sp³-hybridized carbons (Fsp3) is 0.200. The molecule has 0 unspecified atom stereocenters. The third-order valence-corrected chi connectivity index (χ3v) is 1.89. The monoisotopic (exact) mass is 186 g/mol. The lowest BCUT2D eigenvalue weighted by atomic mass is 10.2. The fourth-order valence-electron chi connectivity index (χ4n) is 1.19. The van der Waals surface area contributed by atoms with Crippen LogP contribution in [0.25, 0.3) is 0 Å². The number of hydrogen-bond acceptors (Lipinski definition) is 4. The summed E-state index contributed by atoms with van der Waals surface area (Å²) in [7, 11) is 0. The largest absolute Gasteiger partial charge is 0.159 e. The molecule has 0 spiro atoms. The minimum Gasteiger partial charge on any atom is -0.159 e. The van der Waals surface area contributed by atoms with Crippen LogP contribution in [0.2, 0.25) is 0 Å². The molecule has 70 valence electrons. The average molecular weight is 186 g/mol. The minimum absolute atomic E-state index is 0.854. The van der Waals surface area contributed by atoms with E-state index in [0.29, 0.717) is 0 Å². The maximum absolute atomic E-state index is 4.00. The van der Waals surface area contributed by atoms with Crippen LogP contribution in [0.5, 0.6) is 0 Å². The summed E-state index contributed by atoms with van der Waals surface area (Å²) in [5.74, 6) is 0. The van der Waals surface area contributed by atoms with Gasteiger partial charge in [0.15, 0.2) is 0 Å². The van der Waals surface area contributed by atoms with Crippen LogP contribution in [0.4, 0.5) is 0 Å². The van der Waals surface area contributed by atoms with E-state index in [-0.39, 0.29) is 0 Å². The number of aromatic nitrogens is 4. The lowest BCUT2D eigenvalue weighted by Gasteiger charge is -1.97. The zero-order valence-electron chi connectivity index (χ0n) is 7.67. The highest BCUT2D eigenvalue weighted by Crippen LogP contribution is 1.99. The Bertz CT molecular complexity index is 334. The van der Waals surface area contributed by atoms with Crippen molar-refractivity contribution in [3.63, 3.8) is 0 Å². The van der Waals surface area contributed by atoms with Gasteiger partial charge < -0.3 is 0 Å². The second-order valence-corrected chi connectivity index (χ2v) is 2.93. The molecule has 0 N–H and O–H groups in total. The standard InChI is InChI=1S/C10H10N4/c1-3-9(13-11-7-1)5-6-10-4-2-8-12-14-10/h1-4,7-8H,5-6H2. The van der Waals surface area contributed by atoms with Crippen molar-refractivity contribution >= 4 is 0 Å². The van der Waals surface area contributed by atoms with Gasteiger partial charge in [0.2, 0.25) is 0 Å². The van der Waals surface area contributed by atoms with E-state index in [1.54, 1.807) is 12.4 Å². The van der Waals surface area contributed by atoms with Crippen LogP contribution in [0.1, 0.15) is 11.4 Å². The molecule has 0 saturated carbocycles. The Labute approximate surface area is 82.0 Å². The quantitative estimate of drug-likeness (QED) is 0.719. The summed E-state index contributed by atoms with van der Waals surface area (Å²) in [5.41, 5.74) is 1.97. The van der Waals surface area contributed by atoms with Crippen molar-refractivity contribution in [3.8, 4) is 0 Å². The molecule has 4 nitrogen and oxygen atoms in total. The molecule has 2 rings (SSSR count). The lowest BCUT2D eigenvalue weighted by molar-refractivity contribution is 0.815. The summed E-state index contributed by atoms with van der Waals surface area (Å²) in [6, 6.07) is 7.70. The molecular formula is C10H10N4. The molecular weight excluding hydrogens is 176 g/mol. The molecule has 2 aromatic heterocycles. The predicted molar refractivity (Wildman–Crippen MR) is 51.5 cm³/mol.